The second-order valence-corrected chi connectivity index (χ2v) is 6.05. The molecule has 0 aliphatic carbocycles. The predicted molar refractivity (Wildman–Crippen MR) is 93.8 cm³/mol. The molecule has 0 saturated carbocycles. The number of nitrogens with one attached hydrogen (secondary N) is 1. The molecule has 136 valence electrons. The molecular weight excluding hydrogens is 336 g/mol. The minimum atomic E-state index is -1.13. The van der Waals surface area contributed by atoms with E-state index in [9.17, 15) is 9.59 Å². The maximum absolute atomic E-state index is 12.3. The number of carbonyl (C=O) groups excluding carboxylic acids is 1. The number of amides is 1. The summed E-state index contributed by atoms with van der Waals surface area (Å²) in [6, 6.07) is 6.60. The smallest absolute Gasteiger partial charge is 0.354 e. The van der Waals surface area contributed by atoms with Crippen molar-refractivity contribution in [3.05, 3.63) is 52.8 Å². The lowest BCUT2D eigenvalue weighted by Crippen LogP contribution is -2.23. The monoisotopic (exact) mass is 356 g/mol. The van der Waals surface area contributed by atoms with Crippen molar-refractivity contribution in [2.24, 2.45) is 0 Å². The number of carbonyl (C=O) groups is 2. The van der Waals surface area contributed by atoms with E-state index < -0.39 is 5.97 Å². The first-order valence-corrected chi connectivity index (χ1v) is 8.40. The molecule has 2 heterocycles. The normalized spacial score (nSPS) is 15.1. The summed E-state index contributed by atoms with van der Waals surface area (Å²) in [4.78, 5) is 26.9. The number of aromatic nitrogens is 1. The van der Waals surface area contributed by atoms with Crippen LogP contribution in [0.3, 0.4) is 0 Å². The summed E-state index contributed by atoms with van der Waals surface area (Å²) in [6.07, 6.45) is 2.21. The Morgan fingerprint density at radius 3 is 2.85 bits per heavy atom. The van der Waals surface area contributed by atoms with Crippen LogP contribution in [-0.4, -0.2) is 34.7 Å². The quantitative estimate of drug-likeness (QED) is 0.825. The zero-order valence-electron chi connectivity index (χ0n) is 14.6. The van der Waals surface area contributed by atoms with Gasteiger partial charge in [-0.05, 0) is 38.1 Å². The van der Waals surface area contributed by atoms with E-state index in [1.165, 1.54) is 18.3 Å². The van der Waals surface area contributed by atoms with Gasteiger partial charge in [0.1, 0.15) is 23.3 Å². The highest BCUT2D eigenvalue weighted by atomic mass is 16.5. The van der Waals surface area contributed by atoms with E-state index in [0.29, 0.717) is 12.2 Å². The molecule has 7 heteroatoms. The Kier molecular flexibility index (Phi) is 5.06. The number of hydrogen-bond donors (Lipinski definition) is 2. The molecule has 0 saturated heterocycles. The molecule has 1 unspecified atom stereocenters. The number of aromatic carboxylic acids is 1. The Bertz CT molecular complexity index is 833. The third kappa shape index (κ3) is 3.77. The van der Waals surface area contributed by atoms with E-state index in [-0.39, 0.29) is 24.2 Å². The van der Waals surface area contributed by atoms with Gasteiger partial charge in [-0.1, -0.05) is 0 Å². The Morgan fingerprint density at radius 1 is 1.38 bits per heavy atom. The Labute approximate surface area is 151 Å². The molecule has 7 nitrogen and oxygen atoms in total. The van der Waals surface area contributed by atoms with Gasteiger partial charge in [-0.3, -0.25) is 4.79 Å². The third-order valence-corrected chi connectivity index (χ3v) is 4.06. The lowest BCUT2D eigenvalue weighted by Gasteiger charge is -2.13. The van der Waals surface area contributed by atoms with Gasteiger partial charge >= 0.3 is 5.97 Å². The van der Waals surface area contributed by atoms with Gasteiger partial charge in [0.25, 0.3) is 5.91 Å². The van der Waals surface area contributed by atoms with E-state index >= 15 is 0 Å². The number of rotatable bonds is 6. The van der Waals surface area contributed by atoms with E-state index in [2.05, 4.69) is 10.3 Å². The first kappa shape index (κ1) is 17.7. The number of pyridine rings is 1. The first-order valence-electron chi connectivity index (χ1n) is 8.40. The molecule has 1 aromatic heterocycles. The largest absolute Gasteiger partial charge is 0.494 e. The van der Waals surface area contributed by atoms with Gasteiger partial charge in [-0.2, -0.15) is 0 Å². The summed E-state index contributed by atoms with van der Waals surface area (Å²) >= 11 is 0. The van der Waals surface area contributed by atoms with Crippen molar-refractivity contribution in [3.8, 4) is 11.5 Å². The summed E-state index contributed by atoms with van der Waals surface area (Å²) in [6.45, 7) is 4.70. The molecule has 2 N–H and O–H groups in total. The number of fused-ring (bicyclic) bond motifs is 1. The zero-order chi connectivity index (χ0) is 18.7. The van der Waals surface area contributed by atoms with Crippen LogP contribution in [0.15, 0.2) is 30.5 Å². The van der Waals surface area contributed by atoms with Crippen LogP contribution in [0.2, 0.25) is 0 Å². The lowest BCUT2D eigenvalue weighted by molar-refractivity contribution is 0.0689. The summed E-state index contributed by atoms with van der Waals surface area (Å²) in [5.74, 6) is 0.0682. The number of ether oxygens (including phenoxy) is 2. The van der Waals surface area contributed by atoms with E-state index in [1.807, 2.05) is 26.0 Å². The molecule has 3 rings (SSSR count). The SMILES string of the molecule is CCOc1cc2c(cc1CNC(=O)c1ccc(C(=O)O)nc1)OC(C)C2. The number of carboxylic acid groups (broad SMARTS) is 1. The Hall–Kier alpha value is -3.09. The minimum Gasteiger partial charge on any atom is -0.494 e. The fraction of sp³-hybridized carbons (Fsp3) is 0.316. The molecule has 2 aromatic rings. The summed E-state index contributed by atoms with van der Waals surface area (Å²) < 4.78 is 11.5. The molecular formula is C19H20N2O5. The van der Waals surface area contributed by atoms with Gasteiger partial charge in [0.2, 0.25) is 0 Å². The van der Waals surface area contributed by atoms with Crippen molar-refractivity contribution >= 4 is 11.9 Å². The molecule has 1 amide bonds. The van der Waals surface area contributed by atoms with Crippen molar-refractivity contribution in [2.45, 2.75) is 32.9 Å². The van der Waals surface area contributed by atoms with Gasteiger partial charge < -0.3 is 19.9 Å². The van der Waals surface area contributed by atoms with E-state index in [1.54, 1.807) is 0 Å². The fourth-order valence-electron chi connectivity index (χ4n) is 2.84. The van der Waals surface area contributed by atoms with Crippen LogP contribution < -0.4 is 14.8 Å². The fourth-order valence-corrected chi connectivity index (χ4v) is 2.84. The van der Waals surface area contributed by atoms with Crippen molar-refractivity contribution in [3.63, 3.8) is 0 Å². The molecule has 1 atom stereocenters. The first-order chi connectivity index (χ1) is 12.5. The molecule has 1 aliphatic rings. The summed E-state index contributed by atoms with van der Waals surface area (Å²) in [5, 5.41) is 11.7. The van der Waals surface area contributed by atoms with Crippen LogP contribution in [-0.2, 0) is 13.0 Å². The van der Waals surface area contributed by atoms with E-state index in [4.69, 9.17) is 14.6 Å². The average molecular weight is 356 g/mol. The van der Waals surface area contributed by atoms with Crippen LogP contribution in [0.25, 0.3) is 0 Å². The van der Waals surface area contributed by atoms with Crippen molar-refractivity contribution in [1.82, 2.24) is 10.3 Å². The highest BCUT2D eigenvalue weighted by Gasteiger charge is 2.22. The molecule has 0 bridgehead atoms. The Morgan fingerprint density at radius 2 is 2.19 bits per heavy atom. The van der Waals surface area contributed by atoms with Crippen LogP contribution in [0.5, 0.6) is 11.5 Å². The van der Waals surface area contributed by atoms with Crippen molar-refractivity contribution < 1.29 is 24.2 Å². The molecule has 0 spiro atoms. The van der Waals surface area contributed by atoms with Crippen LogP contribution in [0.1, 0.15) is 45.8 Å². The van der Waals surface area contributed by atoms with Crippen molar-refractivity contribution in [1.29, 1.82) is 0 Å². The standard InChI is InChI=1S/C19H20N2O5/c1-3-25-16-7-13-6-11(2)26-17(13)8-14(16)10-21-18(22)12-4-5-15(19(23)24)20-9-12/h4-5,7-9,11H,3,6,10H2,1-2H3,(H,21,22)(H,23,24). The predicted octanol–water partition coefficient (Wildman–Crippen LogP) is 2.43. The third-order valence-electron chi connectivity index (χ3n) is 4.06. The Balaban J connectivity index is 1.73. The topological polar surface area (TPSA) is 97.8 Å². The minimum absolute atomic E-state index is 0.106. The van der Waals surface area contributed by atoms with Crippen LogP contribution in [0.4, 0.5) is 0 Å². The zero-order valence-corrected chi connectivity index (χ0v) is 14.6. The van der Waals surface area contributed by atoms with Gasteiger partial charge in [0.05, 0.1) is 12.2 Å². The molecule has 1 aromatic carbocycles. The van der Waals surface area contributed by atoms with Gasteiger partial charge in [0.15, 0.2) is 0 Å². The van der Waals surface area contributed by atoms with Gasteiger partial charge in [-0.25, -0.2) is 9.78 Å². The van der Waals surface area contributed by atoms with Crippen molar-refractivity contribution in [2.75, 3.05) is 6.61 Å². The number of carboxylic acids is 1. The lowest BCUT2D eigenvalue weighted by atomic mass is 10.1. The molecule has 0 radical (unpaired) electrons. The van der Waals surface area contributed by atoms with Gasteiger partial charge in [-0.15, -0.1) is 0 Å². The maximum Gasteiger partial charge on any atom is 0.354 e. The molecule has 0 fully saturated rings. The van der Waals surface area contributed by atoms with E-state index in [0.717, 1.165) is 29.0 Å². The highest BCUT2D eigenvalue weighted by molar-refractivity contribution is 5.94. The maximum atomic E-state index is 12.3. The average Bonchev–Trinajstić information content (AvgIpc) is 2.98. The van der Waals surface area contributed by atoms with Gasteiger partial charge in [0, 0.05) is 30.3 Å². The number of nitrogens with zero attached hydrogens (tertiary/aromatic N) is 1. The second kappa shape index (κ2) is 7.43. The summed E-state index contributed by atoms with van der Waals surface area (Å²) in [5.41, 5.74) is 2.11. The second-order valence-electron chi connectivity index (χ2n) is 6.05. The van der Waals surface area contributed by atoms with Crippen LogP contribution in [0, 0.1) is 0 Å². The highest BCUT2D eigenvalue weighted by Crippen LogP contribution is 2.35. The molecule has 26 heavy (non-hydrogen) atoms. The van der Waals surface area contributed by atoms with Crippen LogP contribution >= 0.6 is 0 Å². The number of benzene rings is 1. The number of hydrogen-bond acceptors (Lipinski definition) is 5. The summed E-state index contributed by atoms with van der Waals surface area (Å²) in [7, 11) is 0. The molecule has 1 aliphatic heterocycles.